The van der Waals surface area contributed by atoms with Crippen LogP contribution in [0, 0.1) is 0 Å². The molecule has 0 atom stereocenters. The summed E-state index contributed by atoms with van der Waals surface area (Å²) in [7, 11) is 1.43. The monoisotopic (exact) mass is 517 g/mol. The molecule has 4 rings (SSSR count). The Labute approximate surface area is 207 Å². The molecule has 0 aliphatic heterocycles. The molecule has 174 valence electrons. The van der Waals surface area contributed by atoms with Crippen LogP contribution in [-0.4, -0.2) is 35.4 Å². The number of rotatable bonds is 6. The van der Waals surface area contributed by atoms with E-state index in [1.807, 2.05) is 0 Å². The van der Waals surface area contributed by atoms with Crippen LogP contribution in [0.15, 0.2) is 52.6 Å². The van der Waals surface area contributed by atoms with Crippen LogP contribution >= 0.6 is 34.5 Å². The number of ether oxygens (including phenoxy) is 2. The van der Waals surface area contributed by atoms with Gasteiger partial charge in [0.2, 0.25) is 0 Å². The number of amides is 1. The van der Waals surface area contributed by atoms with Crippen LogP contribution in [-0.2, 0) is 4.74 Å². The molecule has 8 nitrogen and oxygen atoms in total. The molecule has 0 fully saturated rings. The standard InChI is InChI=1S/C23H17Cl2N3O5S/c1-3-33-23(31)19-16-11-34-21(26-20(29)15-10-13(25)6-9-17(15)32-2)18(16)22(30)28(27-19)14-7-4-12(24)5-8-14/h4-11H,3H2,1-2H3,(H,26,29). The molecular formula is C23H17Cl2N3O5S. The molecule has 1 amide bonds. The van der Waals surface area contributed by atoms with Crippen LogP contribution in [0.1, 0.15) is 27.8 Å². The fourth-order valence-corrected chi connectivity index (χ4v) is 4.51. The third-order valence-corrected chi connectivity index (χ3v) is 6.21. The van der Waals surface area contributed by atoms with Gasteiger partial charge in [0.25, 0.3) is 11.5 Å². The van der Waals surface area contributed by atoms with E-state index < -0.39 is 17.4 Å². The minimum Gasteiger partial charge on any atom is -0.496 e. The van der Waals surface area contributed by atoms with Gasteiger partial charge < -0.3 is 14.8 Å². The van der Waals surface area contributed by atoms with Crippen molar-refractivity contribution in [1.29, 1.82) is 0 Å². The molecule has 4 aromatic rings. The first-order valence-electron chi connectivity index (χ1n) is 9.96. The number of hydrogen-bond acceptors (Lipinski definition) is 7. The number of carbonyl (C=O) groups is 2. The van der Waals surface area contributed by atoms with Gasteiger partial charge in [0.05, 0.1) is 30.4 Å². The van der Waals surface area contributed by atoms with Crippen molar-refractivity contribution < 1.29 is 19.1 Å². The lowest BCUT2D eigenvalue weighted by Crippen LogP contribution is -2.25. The lowest BCUT2D eigenvalue weighted by atomic mass is 10.1. The number of hydrogen-bond donors (Lipinski definition) is 1. The lowest BCUT2D eigenvalue weighted by Gasteiger charge is -2.11. The number of benzene rings is 2. The molecule has 2 aromatic carbocycles. The Morgan fingerprint density at radius 3 is 2.50 bits per heavy atom. The van der Waals surface area contributed by atoms with E-state index in [1.54, 1.807) is 48.7 Å². The largest absolute Gasteiger partial charge is 0.496 e. The summed E-state index contributed by atoms with van der Waals surface area (Å²) in [6, 6.07) is 11.0. The highest BCUT2D eigenvalue weighted by Crippen LogP contribution is 2.32. The van der Waals surface area contributed by atoms with Crippen LogP contribution in [0.25, 0.3) is 16.5 Å². The number of halogens is 2. The second-order valence-electron chi connectivity index (χ2n) is 6.91. The Kier molecular flexibility index (Phi) is 6.87. The highest BCUT2D eigenvalue weighted by molar-refractivity contribution is 7.16. The molecule has 0 aliphatic carbocycles. The minimum absolute atomic E-state index is 0.0523. The number of carbonyl (C=O) groups excluding carboxylic acids is 2. The third-order valence-electron chi connectivity index (χ3n) is 4.83. The smallest absolute Gasteiger partial charge is 0.359 e. The first-order chi connectivity index (χ1) is 16.3. The first kappa shape index (κ1) is 23.7. The van der Waals surface area contributed by atoms with E-state index >= 15 is 0 Å². The zero-order valence-corrected chi connectivity index (χ0v) is 20.3. The van der Waals surface area contributed by atoms with Crippen molar-refractivity contribution in [3.8, 4) is 11.4 Å². The molecule has 0 unspecified atom stereocenters. The van der Waals surface area contributed by atoms with Crippen molar-refractivity contribution in [2.24, 2.45) is 0 Å². The molecule has 2 aromatic heterocycles. The van der Waals surface area contributed by atoms with E-state index in [2.05, 4.69) is 10.4 Å². The van der Waals surface area contributed by atoms with Gasteiger partial charge in [-0.05, 0) is 49.4 Å². The molecule has 11 heteroatoms. The summed E-state index contributed by atoms with van der Waals surface area (Å²) >= 11 is 13.1. The average Bonchev–Trinajstić information content (AvgIpc) is 3.24. The molecule has 0 aliphatic rings. The maximum Gasteiger partial charge on any atom is 0.359 e. The number of methoxy groups -OCH3 is 1. The summed E-state index contributed by atoms with van der Waals surface area (Å²) in [4.78, 5) is 39.1. The average molecular weight is 518 g/mol. The second-order valence-corrected chi connectivity index (χ2v) is 8.67. The van der Waals surface area contributed by atoms with Crippen LogP contribution in [0.4, 0.5) is 5.00 Å². The lowest BCUT2D eigenvalue weighted by molar-refractivity contribution is 0.0520. The van der Waals surface area contributed by atoms with Gasteiger partial charge in [-0.15, -0.1) is 11.3 Å². The van der Waals surface area contributed by atoms with Crippen molar-refractivity contribution in [3.05, 3.63) is 79.5 Å². The van der Waals surface area contributed by atoms with Crippen LogP contribution in [0.3, 0.4) is 0 Å². The highest BCUT2D eigenvalue weighted by Gasteiger charge is 2.24. The highest BCUT2D eigenvalue weighted by atomic mass is 35.5. The Hall–Kier alpha value is -3.40. The van der Waals surface area contributed by atoms with Crippen LogP contribution < -0.4 is 15.6 Å². The zero-order valence-electron chi connectivity index (χ0n) is 17.9. The quantitative estimate of drug-likeness (QED) is 0.353. The van der Waals surface area contributed by atoms with Gasteiger partial charge in [-0.25, -0.2) is 4.79 Å². The van der Waals surface area contributed by atoms with Gasteiger partial charge in [0, 0.05) is 20.8 Å². The Balaban J connectivity index is 1.88. The topological polar surface area (TPSA) is 99.5 Å². The third kappa shape index (κ3) is 4.50. The summed E-state index contributed by atoms with van der Waals surface area (Å²) in [6.45, 7) is 1.80. The minimum atomic E-state index is -0.692. The number of nitrogens with zero attached hydrogens (tertiary/aromatic N) is 2. The number of fused-ring (bicyclic) bond motifs is 1. The van der Waals surface area contributed by atoms with Crippen LogP contribution in [0.5, 0.6) is 5.75 Å². The fourth-order valence-electron chi connectivity index (χ4n) is 3.28. The summed E-state index contributed by atoms with van der Waals surface area (Å²) < 4.78 is 11.5. The molecule has 0 spiro atoms. The Bertz CT molecular complexity index is 1460. The van der Waals surface area contributed by atoms with E-state index in [1.165, 1.54) is 13.2 Å². The van der Waals surface area contributed by atoms with E-state index in [0.717, 1.165) is 16.0 Å². The maximum atomic E-state index is 13.4. The number of aromatic nitrogens is 2. The molecule has 2 heterocycles. The first-order valence-corrected chi connectivity index (χ1v) is 11.6. The normalized spacial score (nSPS) is 10.8. The van der Waals surface area contributed by atoms with Crippen molar-refractivity contribution in [1.82, 2.24) is 9.78 Å². The van der Waals surface area contributed by atoms with E-state index in [9.17, 15) is 14.4 Å². The molecule has 0 radical (unpaired) electrons. The number of thiophene rings is 1. The van der Waals surface area contributed by atoms with Gasteiger partial charge in [0.15, 0.2) is 5.69 Å². The summed E-state index contributed by atoms with van der Waals surface area (Å²) in [5.74, 6) is -0.910. The molecule has 34 heavy (non-hydrogen) atoms. The van der Waals surface area contributed by atoms with Gasteiger partial charge in [-0.3, -0.25) is 9.59 Å². The second kappa shape index (κ2) is 9.84. The fraction of sp³-hybridized carbons (Fsp3) is 0.130. The van der Waals surface area contributed by atoms with Gasteiger partial charge in [0.1, 0.15) is 10.8 Å². The van der Waals surface area contributed by atoms with Crippen molar-refractivity contribution in [2.75, 3.05) is 19.0 Å². The summed E-state index contributed by atoms with van der Waals surface area (Å²) in [5, 5.41) is 10.0. The number of esters is 1. The van der Waals surface area contributed by atoms with Gasteiger partial charge in [-0.1, -0.05) is 23.2 Å². The SMILES string of the molecule is CCOC(=O)c1nn(-c2ccc(Cl)cc2)c(=O)c2c(NC(=O)c3cc(Cl)ccc3OC)scc12. The van der Waals surface area contributed by atoms with Crippen molar-refractivity contribution in [3.63, 3.8) is 0 Å². The number of nitrogens with one attached hydrogen (secondary N) is 1. The number of anilines is 1. The zero-order chi connectivity index (χ0) is 24.4. The molecular weight excluding hydrogens is 501 g/mol. The molecule has 0 saturated carbocycles. The van der Waals surface area contributed by atoms with Gasteiger partial charge >= 0.3 is 5.97 Å². The summed E-state index contributed by atoms with van der Waals surface area (Å²) in [5.41, 5.74) is -0.000417. The molecule has 0 saturated heterocycles. The van der Waals surface area contributed by atoms with E-state index in [0.29, 0.717) is 21.5 Å². The molecule has 1 N–H and O–H groups in total. The van der Waals surface area contributed by atoms with Gasteiger partial charge in [-0.2, -0.15) is 9.78 Å². The van der Waals surface area contributed by atoms with E-state index in [-0.39, 0.29) is 33.6 Å². The van der Waals surface area contributed by atoms with Crippen LogP contribution in [0.2, 0.25) is 10.0 Å². The van der Waals surface area contributed by atoms with E-state index in [4.69, 9.17) is 32.7 Å². The van der Waals surface area contributed by atoms with Crippen molar-refractivity contribution in [2.45, 2.75) is 6.92 Å². The Morgan fingerprint density at radius 2 is 1.82 bits per heavy atom. The maximum absolute atomic E-state index is 13.4. The predicted molar refractivity (Wildman–Crippen MR) is 132 cm³/mol. The molecule has 0 bridgehead atoms. The predicted octanol–water partition coefficient (Wildman–Crippen LogP) is 5.19. The summed E-state index contributed by atoms with van der Waals surface area (Å²) in [6.07, 6.45) is 0. The van der Waals surface area contributed by atoms with Crippen molar-refractivity contribution >= 4 is 62.2 Å². The Morgan fingerprint density at radius 1 is 1.12 bits per heavy atom.